The first-order valence-corrected chi connectivity index (χ1v) is 10.2. The molecule has 4 heteroatoms. The molecule has 0 saturated carbocycles. The molecular weight excluding hydrogens is 354 g/mol. The van der Waals surface area contributed by atoms with Gasteiger partial charge < -0.3 is 5.32 Å². The minimum absolute atomic E-state index is 0.0148. The van der Waals surface area contributed by atoms with Gasteiger partial charge in [0, 0.05) is 29.5 Å². The van der Waals surface area contributed by atoms with Gasteiger partial charge in [-0.05, 0) is 41.2 Å². The molecule has 3 heterocycles. The van der Waals surface area contributed by atoms with Crippen LogP contribution in [0.2, 0.25) is 5.02 Å². The molecule has 140 valence electrons. The molecular formula is C23H26ClN3. The molecule has 0 aromatic heterocycles. The molecule has 27 heavy (non-hydrogen) atoms. The molecule has 2 aromatic rings. The predicted molar refractivity (Wildman–Crippen MR) is 113 cm³/mol. The summed E-state index contributed by atoms with van der Waals surface area (Å²) >= 11 is 6.11. The van der Waals surface area contributed by atoms with Crippen molar-refractivity contribution in [2.75, 3.05) is 11.9 Å². The Morgan fingerprint density at radius 1 is 1.15 bits per heavy atom. The van der Waals surface area contributed by atoms with Crippen molar-refractivity contribution in [3.05, 3.63) is 64.7 Å². The number of halogens is 1. The van der Waals surface area contributed by atoms with Crippen LogP contribution in [0.15, 0.2) is 53.5 Å². The second-order valence-corrected chi connectivity index (χ2v) is 9.58. The fourth-order valence-electron chi connectivity index (χ4n) is 5.48. The number of nitrogens with one attached hydrogen (secondary N) is 1. The first-order valence-electron chi connectivity index (χ1n) is 9.82. The summed E-state index contributed by atoms with van der Waals surface area (Å²) in [6, 6.07) is 17.4. The number of hydrogen-bond acceptors (Lipinski definition) is 3. The maximum absolute atomic E-state index is 6.11. The van der Waals surface area contributed by atoms with Crippen LogP contribution in [-0.4, -0.2) is 29.4 Å². The smallest absolute Gasteiger partial charge is 0.0956 e. The van der Waals surface area contributed by atoms with E-state index in [4.69, 9.17) is 16.6 Å². The third kappa shape index (κ3) is 2.41. The van der Waals surface area contributed by atoms with Gasteiger partial charge in [0.25, 0.3) is 0 Å². The first kappa shape index (κ1) is 17.3. The van der Waals surface area contributed by atoms with E-state index >= 15 is 0 Å². The van der Waals surface area contributed by atoms with Gasteiger partial charge in [-0.2, -0.15) is 0 Å². The highest BCUT2D eigenvalue weighted by atomic mass is 35.5. The Bertz CT molecular complexity index is 912. The molecule has 1 saturated heterocycles. The van der Waals surface area contributed by atoms with E-state index in [1.807, 2.05) is 12.1 Å². The second kappa shape index (κ2) is 5.83. The van der Waals surface area contributed by atoms with Crippen molar-refractivity contribution in [3.63, 3.8) is 0 Å². The summed E-state index contributed by atoms with van der Waals surface area (Å²) in [5.41, 5.74) is 5.50. The van der Waals surface area contributed by atoms with Crippen molar-refractivity contribution in [2.45, 2.75) is 51.4 Å². The van der Waals surface area contributed by atoms with Crippen LogP contribution in [0.5, 0.6) is 0 Å². The Hall–Kier alpha value is -1.84. The van der Waals surface area contributed by atoms with E-state index in [1.165, 1.54) is 22.5 Å². The van der Waals surface area contributed by atoms with Crippen LogP contribution in [-0.2, 0) is 12.0 Å². The van der Waals surface area contributed by atoms with E-state index in [2.05, 4.69) is 67.4 Å². The second-order valence-electron chi connectivity index (χ2n) is 9.15. The highest BCUT2D eigenvalue weighted by molar-refractivity contribution is 6.30. The third-order valence-corrected chi connectivity index (χ3v) is 6.69. The predicted octanol–water partition coefficient (Wildman–Crippen LogP) is 5.10. The SMILES string of the molecule is CC(C)(C)[C@H]1C2=NCC[C@@]23c2ccccc2N[C@H]3N1Cc1ccc(Cl)cc1. The minimum Gasteiger partial charge on any atom is -0.368 e. The van der Waals surface area contributed by atoms with Crippen molar-refractivity contribution in [3.8, 4) is 0 Å². The molecule has 0 unspecified atom stereocenters. The average Bonchev–Trinajstić information content (AvgIpc) is 3.25. The maximum atomic E-state index is 6.11. The number of nitrogens with zero attached hydrogens (tertiary/aromatic N) is 2. The summed E-state index contributed by atoms with van der Waals surface area (Å²) in [7, 11) is 0. The van der Waals surface area contributed by atoms with Crippen molar-refractivity contribution in [1.82, 2.24) is 4.90 Å². The van der Waals surface area contributed by atoms with Crippen LogP contribution < -0.4 is 5.32 Å². The molecule has 1 fully saturated rings. The topological polar surface area (TPSA) is 27.6 Å². The van der Waals surface area contributed by atoms with Crippen molar-refractivity contribution < 1.29 is 0 Å². The molecule has 2 aromatic carbocycles. The number of benzene rings is 2. The van der Waals surface area contributed by atoms with E-state index in [-0.39, 0.29) is 17.0 Å². The fraction of sp³-hybridized carbons (Fsp3) is 0.435. The van der Waals surface area contributed by atoms with E-state index in [1.54, 1.807) is 0 Å². The Labute approximate surface area is 166 Å². The zero-order valence-corrected chi connectivity index (χ0v) is 16.9. The number of anilines is 1. The van der Waals surface area contributed by atoms with Gasteiger partial charge in [-0.3, -0.25) is 9.89 Å². The van der Waals surface area contributed by atoms with Gasteiger partial charge in [0.15, 0.2) is 0 Å². The van der Waals surface area contributed by atoms with Crippen molar-refractivity contribution >= 4 is 23.0 Å². The lowest BCUT2D eigenvalue weighted by atomic mass is 9.72. The lowest BCUT2D eigenvalue weighted by Gasteiger charge is -2.38. The van der Waals surface area contributed by atoms with Crippen LogP contribution in [0, 0.1) is 5.41 Å². The number of rotatable bonds is 2. The molecule has 1 spiro atoms. The van der Waals surface area contributed by atoms with E-state index in [9.17, 15) is 0 Å². The molecule has 0 amide bonds. The molecule has 3 atom stereocenters. The molecule has 3 aliphatic heterocycles. The van der Waals surface area contributed by atoms with Gasteiger partial charge in [-0.1, -0.05) is 62.7 Å². The Kier molecular flexibility index (Phi) is 3.73. The van der Waals surface area contributed by atoms with Gasteiger partial charge in [-0.25, -0.2) is 0 Å². The summed E-state index contributed by atoms with van der Waals surface area (Å²) in [6.45, 7) is 8.85. The Morgan fingerprint density at radius 3 is 2.63 bits per heavy atom. The third-order valence-electron chi connectivity index (χ3n) is 6.43. The van der Waals surface area contributed by atoms with Crippen LogP contribution in [0.4, 0.5) is 5.69 Å². The quantitative estimate of drug-likeness (QED) is 0.785. The molecule has 3 nitrogen and oxygen atoms in total. The summed E-state index contributed by atoms with van der Waals surface area (Å²) in [5, 5.41) is 4.65. The van der Waals surface area contributed by atoms with Crippen LogP contribution in [0.1, 0.15) is 38.3 Å². The van der Waals surface area contributed by atoms with Gasteiger partial charge in [0.05, 0.1) is 17.6 Å². The van der Waals surface area contributed by atoms with Gasteiger partial charge >= 0.3 is 0 Å². The zero-order valence-electron chi connectivity index (χ0n) is 16.2. The lowest BCUT2D eigenvalue weighted by Crippen LogP contribution is -2.47. The molecule has 0 bridgehead atoms. The summed E-state index contributed by atoms with van der Waals surface area (Å²) in [5.74, 6) is 0. The molecule has 5 rings (SSSR count). The largest absolute Gasteiger partial charge is 0.368 e. The van der Waals surface area contributed by atoms with Crippen LogP contribution in [0.3, 0.4) is 0 Å². The van der Waals surface area contributed by atoms with Gasteiger partial charge in [0.2, 0.25) is 0 Å². The maximum Gasteiger partial charge on any atom is 0.0956 e. The van der Waals surface area contributed by atoms with Crippen molar-refractivity contribution in [1.29, 1.82) is 0 Å². The van der Waals surface area contributed by atoms with E-state index < -0.39 is 0 Å². The highest BCUT2D eigenvalue weighted by Crippen LogP contribution is 2.56. The van der Waals surface area contributed by atoms with E-state index in [0.29, 0.717) is 6.04 Å². The number of likely N-dealkylation sites (tertiary alicyclic amines) is 1. The van der Waals surface area contributed by atoms with Crippen LogP contribution >= 0.6 is 11.6 Å². The molecule has 1 N–H and O–H groups in total. The minimum atomic E-state index is 0.0148. The lowest BCUT2D eigenvalue weighted by molar-refractivity contribution is 0.119. The van der Waals surface area contributed by atoms with Crippen LogP contribution in [0.25, 0.3) is 0 Å². The average molecular weight is 380 g/mol. The summed E-state index contributed by atoms with van der Waals surface area (Å²) in [4.78, 5) is 7.74. The van der Waals surface area contributed by atoms with Crippen molar-refractivity contribution in [2.24, 2.45) is 10.4 Å². The summed E-state index contributed by atoms with van der Waals surface area (Å²) in [6.07, 6.45) is 1.36. The highest BCUT2D eigenvalue weighted by Gasteiger charge is 2.64. The summed E-state index contributed by atoms with van der Waals surface area (Å²) < 4.78 is 0. The monoisotopic (exact) mass is 379 g/mol. The Balaban J connectivity index is 1.63. The standard InChI is InChI=1S/C23H26ClN3/c1-22(2,3)20-19-23(12-13-25-19)17-6-4-5-7-18(17)26-21(23)27(20)14-15-8-10-16(24)11-9-15/h4-11,20-21,26H,12-14H2,1-3H3/t20-,21+,23-/m1/s1. The Morgan fingerprint density at radius 2 is 1.89 bits per heavy atom. The molecule has 0 radical (unpaired) electrons. The number of aliphatic imine (C=N–C) groups is 1. The zero-order chi connectivity index (χ0) is 18.8. The van der Waals surface area contributed by atoms with E-state index in [0.717, 1.165) is 24.5 Å². The number of para-hydroxylation sites is 1. The fourth-order valence-corrected chi connectivity index (χ4v) is 5.61. The molecule has 0 aliphatic carbocycles. The molecule has 3 aliphatic rings. The van der Waals surface area contributed by atoms with Gasteiger partial charge in [-0.15, -0.1) is 0 Å². The first-order chi connectivity index (χ1) is 12.9. The normalized spacial score (nSPS) is 29.1. The number of fused-ring (bicyclic) bond motifs is 1. The van der Waals surface area contributed by atoms with Gasteiger partial charge in [0.1, 0.15) is 0 Å². The number of hydrogen-bond donors (Lipinski definition) is 1.